The van der Waals surface area contributed by atoms with E-state index in [2.05, 4.69) is 36.6 Å². The number of aryl methyl sites for hydroxylation is 1. The number of thioether (sulfide) groups is 1. The lowest BCUT2D eigenvalue weighted by Crippen LogP contribution is -2.45. The molecule has 3 atom stereocenters. The fourth-order valence-corrected chi connectivity index (χ4v) is 4.87. The van der Waals surface area contributed by atoms with Gasteiger partial charge in [0.25, 0.3) is 0 Å². The third-order valence-corrected chi connectivity index (χ3v) is 5.91. The van der Waals surface area contributed by atoms with Gasteiger partial charge < -0.3 is 4.74 Å². The maximum absolute atomic E-state index is 6.12. The molecule has 2 aliphatic heterocycles. The van der Waals surface area contributed by atoms with Crippen LogP contribution >= 0.6 is 11.8 Å². The van der Waals surface area contributed by atoms with Crippen LogP contribution in [0, 0.1) is 12.8 Å². The van der Waals surface area contributed by atoms with Crippen LogP contribution in [0.25, 0.3) is 0 Å². The van der Waals surface area contributed by atoms with Gasteiger partial charge in [-0.3, -0.25) is 11.3 Å². The van der Waals surface area contributed by atoms with E-state index in [-0.39, 0.29) is 11.6 Å². The molecular formula is C16H24N2OS. The summed E-state index contributed by atoms with van der Waals surface area (Å²) < 4.78 is 6.12. The average molecular weight is 292 g/mol. The van der Waals surface area contributed by atoms with Gasteiger partial charge >= 0.3 is 0 Å². The van der Waals surface area contributed by atoms with Crippen LogP contribution in [0.15, 0.2) is 24.3 Å². The Bertz CT molecular complexity index is 442. The van der Waals surface area contributed by atoms with Gasteiger partial charge in [-0.1, -0.05) is 29.8 Å². The van der Waals surface area contributed by atoms with Crippen molar-refractivity contribution in [3.05, 3.63) is 35.4 Å². The van der Waals surface area contributed by atoms with E-state index in [9.17, 15) is 0 Å². The van der Waals surface area contributed by atoms with Crippen LogP contribution in [0.3, 0.4) is 0 Å². The first kappa shape index (κ1) is 14.4. The van der Waals surface area contributed by atoms with Gasteiger partial charge in [0.2, 0.25) is 0 Å². The minimum absolute atomic E-state index is 0.118. The second kappa shape index (κ2) is 6.06. The highest BCUT2D eigenvalue weighted by Gasteiger charge is 2.42. The predicted octanol–water partition coefficient (Wildman–Crippen LogP) is 2.80. The molecule has 0 bridgehead atoms. The van der Waals surface area contributed by atoms with Crippen molar-refractivity contribution in [2.24, 2.45) is 11.8 Å². The first-order chi connectivity index (χ1) is 9.72. The van der Waals surface area contributed by atoms with Crippen LogP contribution < -0.4 is 11.3 Å². The molecule has 2 heterocycles. The second-order valence-electron chi connectivity index (χ2n) is 6.14. The van der Waals surface area contributed by atoms with Crippen LogP contribution in [0.5, 0.6) is 0 Å². The van der Waals surface area contributed by atoms with Gasteiger partial charge in [-0.2, -0.15) is 11.8 Å². The zero-order chi connectivity index (χ0) is 14.0. The number of hydrogen-bond donors (Lipinski definition) is 2. The van der Waals surface area contributed by atoms with E-state index in [1.807, 2.05) is 11.8 Å². The molecule has 2 fully saturated rings. The van der Waals surface area contributed by atoms with Gasteiger partial charge in [0.05, 0.1) is 5.60 Å². The summed E-state index contributed by atoms with van der Waals surface area (Å²) in [5.41, 5.74) is 5.76. The number of ether oxygens (including phenoxy) is 1. The Kier molecular flexibility index (Phi) is 4.36. The molecule has 0 aliphatic carbocycles. The van der Waals surface area contributed by atoms with Crippen LogP contribution in [-0.4, -0.2) is 23.7 Å². The minimum atomic E-state index is 0.118. The molecule has 110 valence electrons. The van der Waals surface area contributed by atoms with E-state index < -0.39 is 0 Å². The first-order valence-electron chi connectivity index (χ1n) is 7.47. The molecule has 4 heteroatoms. The molecule has 0 radical (unpaired) electrons. The first-order valence-corrected chi connectivity index (χ1v) is 8.62. The van der Waals surface area contributed by atoms with Crippen LogP contribution in [0.1, 0.15) is 36.4 Å². The van der Waals surface area contributed by atoms with Crippen molar-refractivity contribution in [3.63, 3.8) is 0 Å². The third kappa shape index (κ3) is 2.89. The van der Waals surface area contributed by atoms with Gasteiger partial charge in [0.15, 0.2) is 0 Å². The van der Waals surface area contributed by atoms with Crippen molar-refractivity contribution in [1.82, 2.24) is 5.43 Å². The molecule has 0 aromatic heterocycles. The van der Waals surface area contributed by atoms with Gasteiger partial charge in [-0.05, 0) is 43.4 Å². The monoisotopic (exact) mass is 292 g/mol. The van der Waals surface area contributed by atoms with Gasteiger partial charge in [-0.15, -0.1) is 0 Å². The van der Waals surface area contributed by atoms with E-state index >= 15 is 0 Å². The Hall–Kier alpha value is -0.550. The Morgan fingerprint density at radius 1 is 1.40 bits per heavy atom. The molecule has 3 nitrogen and oxygen atoms in total. The highest BCUT2D eigenvalue weighted by Crippen LogP contribution is 2.43. The highest BCUT2D eigenvalue weighted by atomic mass is 32.2. The summed E-state index contributed by atoms with van der Waals surface area (Å²) in [6.45, 7) is 2.99. The lowest BCUT2D eigenvalue weighted by Gasteiger charge is -2.40. The van der Waals surface area contributed by atoms with Crippen LogP contribution in [0.2, 0.25) is 0 Å². The molecule has 3 unspecified atom stereocenters. The van der Waals surface area contributed by atoms with Gasteiger partial charge in [-0.25, -0.2) is 0 Å². The fraction of sp³-hybridized carbons (Fsp3) is 0.625. The zero-order valence-corrected chi connectivity index (χ0v) is 12.9. The number of rotatable bonds is 3. The third-order valence-electron chi connectivity index (χ3n) is 4.69. The van der Waals surface area contributed by atoms with Gasteiger partial charge in [0.1, 0.15) is 0 Å². The maximum atomic E-state index is 6.12. The fourth-order valence-electron chi connectivity index (χ4n) is 3.49. The number of benzene rings is 1. The molecule has 1 aromatic rings. The smallest absolute Gasteiger partial charge is 0.0783 e. The quantitative estimate of drug-likeness (QED) is 0.664. The molecule has 20 heavy (non-hydrogen) atoms. The van der Waals surface area contributed by atoms with E-state index in [1.54, 1.807) is 0 Å². The molecule has 1 spiro atoms. The summed E-state index contributed by atoms with van der Waals surface area (Å²) in [4.78, 5) is 0. The van der Waals surface area contributed by atoms with E-state index in [1.165, 1.54) is 23.3 Å². The number of nitrogens with two attached hydrogens (primary N) is 1. The normalized spacial score (nSPS) is 31.6. The summed E-state index contributed by atoms with van der Waals surface area (Å²) in [6.07, 6.45) is 3.41. The average Bonchev–Trinajstić information content (AvgIpc) is 2.90. The molecule has 0 amide bonds. The van der Waals surface area contributed by atoms with Crippen molar-refractivity contribution in [2.45, 2.75) is 37.8 Å². The summed E-state index contributed by atoms with van der Waals surface area (Å²) >= 11 is 2.02. The van der Waals surface area contributed by atoms with Gasteiger partial charge in [0, 0.05) is 18.4 Å². The maximum Gasteiger partial charge on any atom is 0.0783 e. The number of nitrogens with one attached hydrogen (secondary N) is 1. The Balaban J connectivity index is 1.76. The van der Waals surface area contributed by atoms with E-state index in [4.69, 9.17) is 10.6 Å². The minimum Gasteiger partial charge on any atom is -0.374 e. The Morgan fingerprint density at radius 3 is 2.85 bits per heavy atom. The van der Waals surface area contributed by atoms with E-state index in [0.29, 0.717) is 5.92 Å². The molecule has 0 saturated carbocycles. The lowest BCUT2D eigenvalue weighted by atomic mass is 9.79. The zero-order valence-electron chi connectivity index (χ0n) is 12.1. The number of hydrogen-bond acceptors (Lipinski definition) is 4. The van der Waals surface area contributed by atoms with Crippen LogP contribution in [0.4, 0.5) is 0 Å². The summed E-state index contributed by atoms with van der Waals surface area (Å²) in [5, 5.41) is 0. The SMILES string of the molecule is Cc1ccc(C(NN)C2CCOC3(CCSC3)C2)cc1. The largest absolute Gasteiger partial charge is 0.374 e. The topological polar surface area (TPSA) is 47.3 Å². The van der Waals surface area contributed by atoms with Crippen molar-refractivity contribution in [1.29, 1.82) is 0 Å². The standard InChI is InChI=1S/C16H24N2OS/c1-12-2-4-13(5-3-12)15(18-17)14-6-8-19-16(10-14)7-9-20-11-16/h2-5,14-15,18H,6-11,17H2,1H3. The molecule has 1 aromatic carbocycles. The van der Waals surface area contributed by atoms with Crippen LogP contribution in [-0.2, 0) is 4.74 Å². The molecule has 3 N–H and O–H groups in total. The van der Waals surface area contributed by atoms with Crippen molar-refractivity contribution < 1.29 is 4.74 Å². The van der Waals surface area contributed by atoms with Crippen molar-refractivity contribution in [2.75, 3.05) is 18.1 Å². The summed E-state index contributed by atoms with van der Waals surface area (Å²) in [7, 11) is 0. The Labute approximate surface area is 125 Å². The summed E-state index contributed by atoms with van der Waals surface area (Å²) in [5.74, 6) is 8.81. The Morgan fingerprint density at radius 2 is 2.20 bits per heavy atom. The molecule has 2 aliphatic rings. The second-order valence-corrected chi connectivity index (χ2v) is 7.25. The van der Waals surface area contributed by atoms with E-state index in [0.717, 1.165) is 25.2 Å². The predicted molar refractivity (Wildman–Crippen MR) is 84.6 cm³/mol. The lowest BCUT2D eigenvalue weighted by molar-refractivity contribution is -0.0854. The van der Waals surface area contributed by atoms with Crippen molar-refractivity contribution >= 4 is 11.8 Å². The highest BCUT2D eigenvalue weighted by molar-refractivity contribution is 7.99. The van der Waals surface area contributed by atoms with Crippen molar-refractivity contribution in [3.8, 4) is 0 Å². The summed E-state index contributed by atoms with van der Waals surface area (Å²) in [6, 6.07) is 8.97. The molecular weight excluding hydrogens is 268 g/mol. The number of hydrazine groups is 1. The molecule has 3 rings (SSSR count). The molecule has 2 saturated heterocycles.